The molecular formula is C13H14N2. The van der Waals surface area contributed by atoms with E-state index in [1.165, 1.54) is 16.7 Å². The molecule has 0 spiro atoms. The second kappa shape index (κ2) is 3.81. The molecule has 2 aromatic rings. The number of pyridine rings is 2. The molecule has 0 bridgehead atoms. The van der Waals surface area contributed by atoms with Gasteiger partial charge in [0.25, 0.3) is 0 Å². The van der Waals surface area contributed by atoms with Crippen molar-refractivity contribution in [1.82, 2.24) is 9.97 Å². The van der Waals surface area contributed by atoms with Crippen LogP contribution in [0.25, 0.3) is 11.4 Å². The highest BCUT2D eigenvalue weighted by atomic mass is 14.8. The minimum Gasteiger partial charge on any atom is -0.254 e. The van der Waals surface area contributed by atoms with E-state index in [0.29, 0.717) is 0 Å². The molecule has 0 radical (unpaired) electrons. The van der Waals surface area contributed by atoms with Crippen LogP contribution < -0.4 is 0 Å². The first-order chi connectivity index (χ1) is 7.16. The predicted molar refractivity (Wildman–Crippen MR) is 61.7 cm³/mol. The molecular weight excluding hydrogens is 184 g/mol. The topological polar surface area (TPSA) is 25.8 Å². The molecule has 0 amide bonds. The van der Waals surface area contributed by atoms with Crippen molar-refractivity contribution in [2.75, 3.05) is 0 Å². The number of rotatable bonds is 1. The van der Waals surface area contributed by atoms with Crippen LogP contribution >= 0.6 is 0 Å². The molecule has 0 aliphatic carbocycles. The van der Waals surface area contributed by atoms with Gasteiger partial charge in [-0.05, 0) is 49.6 Å². The van der Waals surface area contributed by atoms with Gasteiger partial charge in [-0.2, -0.15) is 0 Å². The Kier molecular flexibility index (Phi) is 2.50. The zero-order valence-electron chi connectivity index (χ0n) is 9.28. The van der Waals surface area contributed by atoms with Crippen LogP contribution in [0.4, 0.5) is 0 Å². The third-order valence-electron chi connectivity index (χ3n) is 2.55. The Bertz CT molecular complexity index is 472. The minimum absolute atomic E-state index is 0.934. The van der Waals surface area contributed by atoms with E-state index in [-0.39, 0.29) is 0 Å². The minimum atomic E-state index is 0.934. The highest BCUT2D eigenvalue weighted by Gasteiger charge is 2.01. The Hall–Kier alpha value is -1.70. The Labute approximate surface area is 90.0 Å². The number of hydrogen-bond acceptors (Lipinski definition) is 2. The molecule has 0 saturated heterocycles. The fraction of sp³-hybridized carbons (Fsp3) is 0.231. The molecule has 2 heteroatoms. The first-order valence-electron chi connectivity index (χ1n) is 5.03. The standard InChI is InChI=1S/C13H14N2/c1-9-4-5-12(14-7-9)13-6-10(2)11(3)8-15-13/h4-8H,1-3H3. The molecule has 2 heterocycles. The molecule has 0 aromatic carbocycles. The van der Waals surface area contributed by atoms with Crippen LogP contribution in [0.5, 0.6) is 0 Å². The first kappa shape index (κ1) is 9.84. The van der Waals surface area contributed by atoms with Crippen LogP contribution in [0.2, 0.25) is 0 Å². The van der Waals surface area contributed by atoms with Crippen LogP contribution in [-0.4, -0.2) is 9.97 Å². The van der Waals surface area contributed by atoms with E-state index in [1.54, 1.807) is 0 Å². The normalized spacial score (nSPS) is 10.3. The molecule has 0 unspecified atom stereocenters. The molecule has 76 valence electrons. The van der Waals surface area contributed by atoms with Crippen molar-refractivity contribution in [2.24, 2.45) is 0 Å². The molecule has 0 atom stereocenters. The molecule has 0 aliphatic rings. The number of nitrogens with zero attached hydrogens (tertiary/aromatic N) is 2. The van der Waals surface area contributed by atoms with Crippen molar-refractivity contribution in [3.63, 3.8) is 0 Å². The van der Waals surface area contributed by atoms with E-state index in [9.17, 15) is 0 Å². The molecule has 0 fully saturated rings. The second-order valence-corrected chi connectivity index (χ2v) is 3.87. The lowest BCUT2D eigenvalue weighted by atomic mass is 10.1. The summed E-state index contributed by atoms with van der Waals surface area (Å²) >= 11 is 0. The Morgan fingerprint density at radius 3 is 2.13 bits per heavy atom. The fourth-order valence-electron chi connectivity index (χ4n) is 1.38. The van der Waals surface area contributed by atoms with Gasteiger partial charge in [0.1, 0.15) is 0 Å². The van der Waals surface area contributed by atoms with Crippen LogP contribution in [0, 0.1) is 20.8 Å². The van der Waals surface area contributed by atoms with Crippen LogP contribution in [-0.2, 0) is 0 Å². The van der Waals surface area contributed by atoms with Gasteiger partial charge in [-0.25, -0.2) is 0 Å². The zero-order chi connectivity index (χ0) is 10.8. The van der Waals surface area contributed by atoms with Crippen molar-refractivity contribution < 1.29 is 0 Å². The van der Waals surface area contributed by atoms with Crippen molar-refractivity contribution >= 4 is 0 Å². The van der Waals surface area contributed by atoms with Crippen molar-refractivity contribution in [3.8, 4) is 11.4 Å². The average Bonchev–Trinajstić information content (AvgIpc) is 2.23. The second-order valence-electron chi connectivity index (χ2n) is 3.87. The third-order valence-corrected chi connectivity index (χ3v) is 2.55. The van der Waals surface area contributed by atoms with Crippen LogP contribution in [0.3, 0.4) is 0 Å². The molecule has 2 aromatic heterocycles. The smallest absolute Gasteiger partial charge is 0.0888 e. The monoisotopic (exact) mass is 198 g/mol. The van der Waals surface area contributed by atoms with Crippen molar-refractivity contribution in [2.45, 2.75) is 20.8 Å². The summed E-state index contributed by atoms with van der Waals surface area (Å²) in [5.74, 6) is 0. The lowest BCUT2D eigenvalue weighted by Gasteiger charge is -2.03. The molecule has 2 rings (SSSR count). The van der Waals surface area contributed by atoms with E-state index >= 15 is 0 Å². The SMILES string of the molecule is Cc1ccc(-c2cc(C)c(C)cn2)nc1. The summed E-state index contributed by atoms with van der Waals surface area (Å²) in [5.41, 5.74) is 5.51. The maximum absolute atomic E-state index is 4.38. The van der Waals surface area contributed by atoms with Gasteiger partial charge in [-0.3, -0.25) is 9.97 Å². The van der Waals surface area contributed by atoms with Gasteiger partial charge in [-0.15, -0.1) is 0 Å². The summed E-state index contributed by atoms with van der Waals surface area (Å²) in [5, 5.41) is 0. The maximum Gasteiger partial charge on any atom is 0.0888 e. The molecule has 2 nitrogen and oxygen atoms in total. The predicted octanol–water partition coefficient (Wildman–Crippen LogP) is 3.07. The fourth-order valence-corrected chi connectivity index (χ4v) is 1.38. The van der Waals surface area contributed by atoms with Gasteiger partial charge in [0.15, 0.2) is 0 Å². The van der Waals surface area contributed by atoms with Crippen molar-refractivity contribution in [3.05, 3.63) is 47.3 Å². The lowest BCUT2D eigenvalue weighted by Crippen LogP contribution is -1.90. The summed E-state index contributed by atoms with van der Waals surface area (Å²) in [6, 6.07) is 6.14. The van der Waals surface area contributed by atoms with E-state index < -0.39 is 0 Å². The molecule has 0 saturated carbocycles. The Morgan fingerprint density at radius 1 is 0.800 bits per heavy atom. The van der Waals surface area contributed by atoms with E-state index in [2.05, 4.69) is 35.9 Å². The summed E-state index contributed by atoms with van der Waals surface area (Å²) in [7, 11) is 0. The summed E-state index contributed by atoms with van der Waals surface area (Å²) < 4.78 is 0. The molecule has 0 N–H and O–H groups in total. The van der Waals surface area contributed by atoms with Crippen LogP contribution in [0.1, 0.15) is 16.7 Å². The third kappa shape index (κ3) is 2.04. The maximum atomic E-state index is 4.38. The summed E-state index contributed by atoms with van der Waals surface area (Å²) in [6.45, 7) is 6.19. The highest BCUT2D eigenvalue weighted by Crippen LogP contribution is 2.17. The van der Waals surface area contributed by atoms with Crippen molar-refractivity contribution in [1.29, 1.82) is 0 Å². The number of aromatic nitrogens is 2. The quantitative estimate of drug-likeness (QED) is 0.703. The van der Waals surface area contributed by atoms with E-state index in [4.69, 9.17) is 0 Å². The number of aryl methyl sites for hydroxylation is 3. The van der Waals surface area contributed by atoms with Gasteiger partial charge >= 0.3 is 0 Å². The van der Waals surface area contributed by atoms with Gasteiger partial charge < -0.3 is 0 Å². The molecule has 0 aliphatic heterocycles. The van der Waals surface area contributed by atoms with Gasteiger partial charge in [0.2, 0.25) is 0 Å². The van der Waals surface area contributed by atoms with E-state index in [0.717, 1.165) is 11.4 Å². The zero-order valence-corrected chi connectivity index (χ0v) is 9.28. The number of hydrogen-bond donors (Lipinski definition) is 0. The summed E-state index contributed by atoms with van der Waals surface area (Å²) in [6.07, 6.45) is 3.76. The van der Waals surface area contributed by atoms with E-state index in [1.807, 2.05) is 25.4 Å². The Balaban J connectivity index is 2.45. The molecule has 15 heavy (non-hydrogen) atoms. The van der Waals surface area contributed by atoms with Gasteiger partial charge in [0, 0.05) is 12.4 Å². The van der Waals surface area contributed by atoms with Crippen LogP contribution in [0.15, 0.2) is 30.6 Å². The first-order valence-corrected chi connectivity index (χ1v) is 5.03. The highest BCUT2D eigenvalue weighted by molar-refractivity contribution is 5.55. The largest absolute Gasteiger partial charge is 0.254 e. The Morgan fingerprint density at radius 2 is 1.53 bits per heavy atom. The van der Waals surface area contributed by atoms with Gasteiger partial charge in [0.05, 0.1) is 11.4 Å². The van der Waals surface area contributed by atoms with Gasteiger partial charge in [-0.1, -0.05) is 6.07 Å². The average molecular weight is 198 g/mol. The lowest BCUT2D eigenvalue weighted by molar-refractivity contribution is 1.18. The summed E-state index contributed by atoms with van der Waals surface area (Å²) in [4.78, 5) is 8.73.